The van der Waals surface area contributed by atoms with Gasteiger partial charge in [-0.05, 0) is 48.7 Å². The Morgan fingerprint density at radius 3 is 2.74 bits per heavy atom. The first-order valence-electron chi connectivity index (χ1n) is 10.8. The average molecular weight is 423 g/mol. The van der Waals surface area contributed by atoms with Crippen molar-refractivity contribution in [1.29, 1.82) is 0 Å². The van der Waals surface area contributed by atoms with Crippen molar-refractivity contribution in [3.8, 4) is 5.75 Å². The minimum atomic E-state index is -0.620. The van der Waals surface area contributed by atoms with E-state index in [4.69, 9.17) is 9.94 Å². The van der Waals surface area contributed by atoms with Crippen molar-refractivity contribution < 1.29 is 19.5 Å². The second-order valence-electron chi connectivity index (χ2n) is 7.75. The predicted octanol–water partition coefficient (Wildman–Crippen LogP) is 4.23. The number of rotatable bonds is 4. The number of hydrogen-bond acceptors (Lipinski definition) is 5. The van der Waals surface area contributed by atoms with Crippen LogP contribution in [-0.2, 0) is 11.3 Å². The van der Waals surface area contributed by atoms with Crippen LogP contribution in [0.15, 0.2) is 54.6 Å². The van der Waals surface area contributed by atoms with Crippen molar-refractivity contribution in [3.05, 3.63) is 71.3 Å². The highest BCUT2D eigenvalue weighted by molar-refractivity contribution is 6.01. The van der Waals surface area contributed by atoms with E-state index in [2.05, 4.69) is 17.0 Å². The topological polar surface area (TPSA) is 78.9 Å². The van der Waals surface area contributed by atoms with Crippen LogP contribution in [0.5, 0.6) is 5.75 Å². The number of amides is 1. The largest absolute Gasteiger partial charge is 0.485 e. The highest BCUT2D eigenvalue weighted by Gasteiger charge is 2.43. The quantitative estimate of drug-likeness (QED) is 0.438. The van der Waals surface area contributed by atoms with E-state index in [9.17, 15) is 9.59 Å². The molecule has 31 heavy (non-hydrogen) atoms. The molecule has 0 bridgehead atoms. The molecule has 2 N–H and O–H groups in total. The normalized spacial score (nSPS) is 20.5. The van der Waals surface area contributed by atoms with Gasteiger partial charge in [0.05, 0.1) is 12.0 Å². The van der Waals surface area contributed by atoms with Crippen LogP contribution >= 0.6 is 0 Å². The maximum Gasteiger partial charge on any atom is 0.267 e. The fraction of sp³-hybridized carbons (Fsp3) is 0.360. The van der Waals surface area contributed by atoms with Crippen LogP contribution in [0.1, 0.15) is 54.6 Å². The first-order valence-corrected chi connectivity index (χ1v) is 10.8. The van der Waals surface area contributed by atoms with Crippen molar-refractivity contribution in [2.24, 2.45) is 0 Å². The second-order valence-corrected chi connectivity index (χ2v) is 7.75. The number of hydroxylamine groups is 1. The zero-order valence-corrected chi connectivity index (χ0v) is 18.1. The van der Waals surface area contributed by atoms with E-state index < -0.39 is 11.5 Å². The van der Waals surface area contributed by atoms with Gasteiger partial charge in [0.25, 0.3) is 5.91 Å². The number of carbonyl (C=O) groups excluding carboxylic acids is 2. The first kappa shape index (κ1) is 22.7. The summed E-state index contributed by atoms with van der Waals surface area (Å²) in [5, 5.41) is 8.57. The lowest BCUT2D eigenvalue weighted by molar-refractivity contribution is -0.124. The Kier molecular flexibility index (Phi) is 7.60. The molecule has 6 nitrogen and oxygen atoms in total. The molecule has 4 rings (SSSR count). The molecule has 164 valence electrons. The molecule has 1 atom stereocenters. The zero-order valence-electron chi connectivity index (χ0n) is 18.1. The summed E-state index contributed by atoms with van der Waals surface area (Å²) in [4.78, 5) is 26.4. The smallest absolute Gasteiger partial charge is 0.267 e. The average Bonchev–Trinajstić information content (AvgIpc) is 2.79. The van der Waals surface area contributed by atoms with Crippen molar-refractivity contribution in [2.45, 2.75) is 45.3 Å². The van der Waals surface area contributed by atoms with Crippen LogP contribution in [0.2, 0.25) is 0 Å². The van der Waals surface area contributed by atoms with E-state index in [-0.39, 0.29) is 5.78 Å². The number of fused-ring (bicyclic) bond motifs is 1. The molecule has 2 aliphatic heterocycles. The summed E-state index contributed by atoms with van der Waals surface area (Å²) >= 11 is 0. The van der Waals surface area contributed by atoms with Gasteiger partial charge >= 0.3 is 0 Å². The molecule has 1 fully saturated rings. The maximum absolute atomic E-state index is 12.9. The SMILES string of the molecule is CC.O=C(/C=C/c1ccc2c(c1)C(=O)CC1(CCCN(Cc3ccccc3)C1)O2)NO. The summed E-state index contributed by atoms with van der Waals surface area (Å²) in [5.74, 6) is 0.0474. The highest BCUT2D eigenvalue weighted by atomic mass is 16.5. The third-order valence-corrected chi connectivity index (χ3v) is 5.52. The molecule has 1 saturated heterocycles. The molecular weight excluding hydrogens is 392 g/mol. The molecule has 1 unspecified atom stereocenters. The van der Waals surface area contributed by atoms with E-state index >= 15 is 0 Å². The summed E-state index contributed by atoms with van der Waals surface area (Å²) < 4.78 is 6.39. The Balaban J connectivity index is 0.00000132. The lowest BCUT2D eigenvalue weighted by Gasteiger charge is -2.45. The highest BCUT2D eigenvalue weighted by Crippen LogP contribution is 2.39. The van der Waals surface area contributed by atoms with Crippen molar-refractivity contribution >= 4 is 17.8 Å². The van der Waals surface area contributed by atoms with Gasteiger partial charge < -0.3 is 4.74 Å². The first-order chi connectivity index (χ1) is 15.1. The van der Waals surface area contributed by atoms with Gasteiger partial charge in [0, 0.05) is 19.2 Å². The van der Waals surface area contributed by atoms with E-state index in [1.54, 1.807) is 29.8 Å². The van der Waals surface area contributed by atoms with Crippen LogP contribution in [0.25, 0.3) is 6.08 Å². The Labute approximate surface area is 183 Å². The summed E-state index contributed by atoms with van der Waals surface area (Å²) in [6, 6.07) is 15.7. The van der Waals surface area contributed by atoms with E-state index in [1.807, 2.05) is 32.0 Å². The fourth-order valence-electron chi connectivity index (χ4n) is 4.22. The number of likely N-dealkylation sites (tertiary alicyclic amines) is 1. The summed E-state index contributed by atoms with van der Waals surface area (Å²) in [6.07, 6.45) is 4.97. The van der Waals surface area contributed by atoms with E-state index in [0.29, 0.717) is 23.3 Å². The van der Waals surface area contributed by atoms with Crippen LogP contribution in [0.3, 0.4) is 0 Å². The Morgan fingerprint density at radius 1 is 1.23 bits per heavy atom. The van der Waals surface area contributed by atoms with E-state index in [1.165, 1.54) is 11.6 Å². The van der Waals surface area contributed by atoms with Crippen LogP contribution in [0, 0.1) is 0 Å². The van der Waals surface area contributed by atoms with Gasteiger partial charge in [-0.1, -0.05) is 50.2 Å². The Bertz CT molecular complexity index is 942. The number of hydrogen-bond donors (Lipinski definition) is 2. The molecule has 1 amide bonds. The van der Waals surface area contributed by atoms with Crippen molar-refractivity contribution in [1.82, 2.24) is 10.4 Å². The molecule has 0 saturated carbocycles. The number of ketones is 1. The number of ether oxygens (including phenoxy) is 1. The number of carbonyl (C=O) groups is 2. The van der Waals surface area contributed by atoms with Crippen LogP contribution < -0.4 is 10.2 Å². The third-order valence-electron chi connectivity index (χ3n) is 5.52. The predicted molar refractivity (Wildman–Crippen MR) is 120 cm³/mol. The van der Waals surface area contributed by atoms with Gasteiger partial charge in [0.2, 0.25) is 0 Å². The Morgan fingerprint density at radius 2 is 2.00 bits per heavy atom. The number of nitrogens with zero attached hydrogens (tertiary/aromatic N) is 1. The van der Waals surface area contributed by atoms with Crippen molar-refractivity contribution in [3.63, 3.8) is 0 Å². The molecule has 0 aliphatic carbocycles. The maximum atomic E-state index is 12.9. The number of nitrogens with one attached hydrogen (secondary N) is 1. The molecule has 6 heteroatoms. The standard InChI is InChI=1S/C23H24N2O4.C2H6/c26-20-14-23(11-4-12-25(16-23)15-18-5-2-1-3-6-18)29-21-9-7-17(13-19(20)21)8-10-22(27)24-28;1-2/h1-3,5-10,13,28H,4,11-12,14-16H2,(H,24,27);1-2H3/b10-8+;. The molecule has 2 aliphatic rings. The third kappa shape index (κ3) is 5.60. The minimum Gasteiger partial charge on any atom is -0.485 e. The van der Waals surface area contributed by atoms with E-state index in [0.717, 1.165) is 32.5 Å². The van der Waals surface area contributed by atoms with Gasteiger partial charge in [0.15, 0.2) is 5.78 Å². The minimum absolute atomic E-state index is 0.0645. The van der Waals surface area contributed by atoms with Crippen LogP contribution in [-0.4, -0.2) is 40.5 Å². The number of Topliss-reactive ketones (excluding diaryl/α,β-unsaturated/α-hetero) is 1. The molecular formula is C25H30N2O4. The summed E-state index contributed by atoms with van der Waals surface area (Å²) in [7, 11) is 0. The number of benzene rings is 2. The monoisotopic (exact) mass is 422 g/mol. The zero-order chi connectivity index (χ0) is 22.3. The van der Waals surface area contributed by atoms with Gasteiger partial charge in [-0.15, -0.1) is 0 Å². The van der Waals surface area contributed by atoms with Gasteiger partial charge in [-0.25, -0.2) is 5.48 Å². The number of piperidine rings is 1. The van der Waals surface area contributed by atoms with Crippen LogP contribution in [0.4, 0.5) is 0 Å². The molecule has 1 spiro atoms. The molecule has 0 aromatic heterocycles. The molecule has 0 radical (unpaired) electrons. The second kappa shape index (κ2) is 10.4. The summed E-state index contributed by atoms with van der Waals surface area (Å²) in [5.41, 5.74) is 3.57. The lowest BCUT2D eigenvalue weighted by atomic mass is 9.83. The fourth-order valence-corrected chi connectivity index (χ4v) is 4.22. The van der Waals surface area contributed by atoms with Gasteiger partial charge in [-0.3, -0.25) is 19.7 Å². The Hall–Kier alpha value is -2.96. The molecule has 2 aromatic carbocycles. The van der Waals surface area contributed by atoms with Gasteiger partial charge in [-0.2, -0.15) is 0 Å². The van der Waals surface area contributed by atoms with Crippen molar-refractivity contribution in [2.75, 3.05) is 13.1 Å². The molecule has 2 aromatic rings. The lowest BCUT2D eigenvalue weighted by Crippen LogP contribution is -2.54. The summed E-state index contributed by atoms with van der Waals surface area (Å²) in [6.45, 7) is 6.58. The van der Waals surface area contributed by atoms with Gasteiger partial charge in [0.1, 0.15) is 11.4 Å². The molecule has 2 heterocycles.